The van der Waals surface area contributed by atoms with Gasteiger partial charge >= 0.3 is 5.97 Å². The molecule has 0 atom stereocenters. The number of benzene rings is 1. The molecule has 0 aliphatic carbocycles. The van der Waals surface area contributed by atoms with Crippen molar-refractivity contribution in [3.8, 4) is 0 Å². The van der Waals surface area contributed by atoms with Crippen molar-refractivity contribution < 1.29 is 14.7 Å². The molecule has 7 heteroatoms. The molecule has 1 aromatic heterocycles. The fourth-order valence-corrected chi connectivity index (χ4v) is 2.25. The number of nitrogens with two attached hydrogens (primary N) is 1. The van der Waals surface area contributed by atoms with Crippen molar-refractivity contribution >= 4 is 40.6 Å². The zero-order valence-corrected chi connectivity index (χ0v) is 11.9. The molecule has 0 saturated heterocycles. The van der Waals surface area contributed by atoms with E-state index in [0.29, 0.717) is 5.69 Å². The van der Waals surface area contributed by atoms with Gasteiger partial charge in [0, 0.05) is 30.1 Å². The number of hydrogen-bond acceptors (Lipinski definition) is 3. The Balaban J connectivity index is 2.52. The van der Waals surface area contributed by atoms with Gasteiger partial charge < -0.3 is 15.4 Å². The predicted molar refractivity (Wildman–Crippen MR) is 76.7 cm³/mol. The first kappa shape index (κ1) is 14.4. The van der Waals surface area contributed by atoms with Gasteiger partial charge in [0.15, 0.2) is 5.78 Å². The topological polar surface area (TPSA) is 85.3 Å². The summed E-state index contributed by atoms with van der Waals surface area (Å²) in [5.74, 6) is -1.56. The Morgan fingerprint density at radius 2 is 1.90 bits per heavy atom. The van der Waals surface area contributed by atoms with Crippen molar-refractivity contribution in [3.63, 3.8) is 0 Å². The van der Waals surface area contributed by atoms with Crippen LogP contribution in [0, 0.1) is 0 Å². The minimum Gasteiger partial charge on any atom is -0.477 e. The van der Waals surface area contributed by atoms with E-state index in [2.05, 4.69) is 0 Å². The standard InChI is InChI=1S/C13H10Cl2N2O3/c1-17-5-6(2-10(17)13(19)20)12(18)8-3-7(16)4-9(14)11(8)15/h2-5H,16H2,1H3,(H,19,20). The molecule has 3 N–H and O–H groups in total. The Hall–Kier alpha value is -1.98. The van der Waals surface area contributed by atoms with E-state index in [1.54, 1.807) is 0 Å². The molecule has 2 aromatic rings. The second-order valence-electron chi connectivity index (χ2n) is 4.22. The third kappa shape index (κ3) is 2.50. The molecule has 104 valence electrons. The van der Waals surface area contributed by atoms with Crippen molar-refractivity contribution in [3.05, 3.63) is 51.3 Å². The van der Waals surface area contributed by atoms with Gasteiger partial charge in [-0.05, 0) is 18.2 Å². The van der Waals surface area contributed by atoms with Gasteiger partial charge in [-0.2, -0.15) is 0 Å². The lowest BCUT2D eigenvalue weighted by Gasteiger charge is -2.05. The lowest BCUT2D eigenvalue weighted by Crippen LogP contribution is -2.03. The smallest absolute Gasteiger partial charge is 0.352 e. The number of halogens is 2. The zero-order valence-electron chi connectivity index (χ0n) is 10.4. The highest BCUT2D eigenvalue weighted by atomic mass is 35.5. The molecule has 2 rings (SSSR count). The summed E-state index contributed by atoms with van der Waals surface area (Å²) in [5, 5.41) is 9.24. The molecule has 20 heavy (non-hydrogen) atoms. The van der Waals surface area contributed by atoms with Crippen LogP contribution in [0.3, 0.4) is 0 Å². The minimum absolute atomic E-state index is 0.000488. The number of hydrogen-bond donors (Lipinski definition) is 2. The average Bonchev–Trinajstić information content (AvgIpc) is 2.75. The summed E-state index contributed by atoms with van der Waals surface area (Å²) >= 11 is 11.9. The first-order valence-corrected chi connectivity index (χ1v) is 6.25. The predicted octanol–water partition coefficient (Wildman–Crippen LogP) is 2.84. The second kappa shape index (κ2) is 5.19. The van der Waals surface area contributed by atoms with E-state index >= 15 is 0 Å². The van der Waals surface area contributed by atoms with E-state index in [1.165, 1.54) is 36.0 Å². The molecule has 0 unspecified atom stereocenters. The normalized spacial score (nSPS) is 10.6. The Morgan fingerprint density at radius 1 is 1.25 bits per heavy atom. The molecular formula is C13H10Cl2N2O3. The number of aryl methyl sites for hydroxylation is 1. The van der Waals surface area contributed by atoms with E-state index in [1.807, 2.05) is 0 Å². The number of aromatic nitrogens is 1. The Labute approximate surface area is 124 Å². The van der Waals surface area contributed by atoms with Gasteiger partial charge in [0.25, 0.3) is 0 Å². The molecule has 0 aliphatic heterocycles. The highest BCUT2D eigenvalue weighted by Crippen LogP contribution is 2.30. The van der Waals surface area contributed by atoms with Crippen molar-refractivity contribution in [1.29, 1.82) is 0 Å². The third-order valence-corrected chi connectivity index (χ3v) is 3.58. The highest BCUT2D eigenvalue weighted by Gasteiger charge is 2.20. The van der Waals surface area contributed by atoms with Crippen molar-refractivity contribution in [2.24, 2.45) is 7.05 Å². The van der Waals surface area contributed by atoms with Crippen LogP contribution in [0.25, 0.3) is 0 Å². The van der Waals surface area contributed by atoms with Crippen LogP contribution in [0.15, 0.2) is 24.4 Å². The number of carboxylic acid groups (broad SMARTS) is 1. The van der Waals surface area contributed by atoms with Crippen LogP contribution >= 0.6 is 23.2 Å². The molecule has 0 saturated carbocycles. The average molecular weight is 313 g/mol. The monoisotopic (exact) mass is 312 g/mol. The molecule has 0 amide bonds. The van der Waals surface area contributed by atoms with E-state index in [0.717, 1.165) is 0 Å². The quantitative estimate of drug-likeness (QED) is 0.674. The molecule has 1 aromatic carbocycles. The molecule has 0 bridgehead atoms. The van der Waals surface area contributed by atoms with Gasteiger partial charge in [0.05, 0.1) is 10.0 Å². The van der Waals surface area contributed by atoms with Crippen LogP contribution in [0.5, 0.6) is 0 Å². The molecular weight excluding hydrogens is 303 g/mol. The number of rotatable bonds is 3. The first-order chi connectivity index (χ1) is 9.31. The number of anilines is 1. The molecule has 0 fully saturated rings. The van der Waals surface area contributed by atoms with Crippen LogP contribution in [-0.2, 0) is 7.05 Å². The molecule has 0 spiro atoms. The Kier molecular flexibility index (Phi) is 3.74. The van der Waals surface area contributed by atoms with Crippen molar-refractivity contribution in [2.75, 3.05) is 5.73 Å². The number of carbonyl (C=O) groups is 2. The number of carboxylic acids is 1. The maximum atomic E-state index is 12.4. The van der Waals surface area contributed by atoms with Gasteiger partial charge in [-0.3, -0.25) is 4.79 Å². The summed E-state index contributed by atoms with van der Waals surface area (Å²) in [6.07, 6.45) is 1.42. The fourth-order valence-electron chi connectivity index (χ4n) is 1.83. The van der Waals surface area contributed by atoms with Gasteiger partial charge in [-0.15, -0.1) is 0 Å². The highest BCUT2D eigenvalue weighted by molar-refractivity contribution is 6.44. The summed E-state index contributed by atoms with van der Waals surface area (Å²) in [4.78, 5) is 23.3. The van der Waals surface area contributed by atoms with Crippen molar-refractivity contribution in [2.45, 2.75) is 0 Å². The summed E-state index contributed by atoms with van der Waals surface area (Å²) < 4.78 is 1.34. The number of ketones is 1. The maximum Gasteiger partial charge on any atom is 0.352 e. The third-order valence-electron chi connectivity index (χ3n) is 2.78. The van der Waals surface area contributed by atoms with E-state index in [-0.39, 0.29) is 26.9 Å². The van der Waals surface area contributed by atoms with E-state index in [9.17, 15) is 9.59 Å². The summed E-state index contributed by atoms with van der Waals surface area (Å²) in [6, 6.07) is 4.12. The number of aromatic carboxylic acids is 1. The summed E-state index contributed by atoms with van der Waals surface area (Å²) in [5.41, 5.74) is 6.28. The first-order valence-electron chi connectivity index (χ1n) is 5.50. The van der Waals surface area contributed by atoms with Crippen LogP contribution in [0.1, 0.15) is 26.4 Å². The SMILES string of the molecule is Cn1cc(C(=O)c2cc(N)cc(Cl)c2Cl)cc1C(=O)O. The van der Waals surface area contributed by atoms with Gasteiger partial charge in [0.1, 0.15) is 5.69 Å². The largest absolute Gasteiger partial charge is 0.477 e. The number of nitrogen functional groups attached to an aromatic ring is 1. The van der Waals surface area contributed by atoms with E-state index in [4.69, 9.17) is 34.0 Å². The summed E-state index contributed by atoms with van der Waals surface area (Å²) in [7, 11) is 1.54. The van der Waals surface area contributed by atoms with Gasteiger partial charge in [0.2, 0.25) is 0 Å². The Bertz CT molecular complexity index is 723. The van der Waals surface area contributed by atoms with Crippen molar-refractivity contribution in [1.82, 2.24) is 4.57 Å². The molecule has 0 radical (unpaired) electrons. The second-order valence-corrected chi connectivity index (χ2v) is 5.01. The molecule has 5 nitrogen and oxygen atoms in total. The molecule has 0 aliphatic rings. The van der Waals surface area contributed by atoms with Crippen LogP contribution in [-0.4, -0.2) is 21.4 Å². The molecule has 1 heterocycles. The summed E-state index contributed by atoms with van der Waals surface area (Å²) in [6.45, 7) is 0. The number of carbonyl (C=O) groups excluding carboxylic acids is 1. The van der Waals surface area contributed by atoms with Gasteiger partial charge in [-0.1, -0.05) is 23.2 Å². The lowest BCUT2D eigenvalue weighted by atomic mass is 10.0. The van der Waals surface area contributed by atoms with Crippen LogP contribution in [0.4, 0.5) is 5.69 Å². The lowest BCUT2D eigenvalue weighted by molar-refractivity contribution is 0.0686. The minimum atomic E-state index is -1.12. The Morgan fingerprint density at radius 3 is 2.45 bits per heavy atom. The maximum absolute atomic E-state index is 12.4. The zero-order chi connectivity index (χ0) is 15.0. The van der Waals surface area contributed by atoms with Crippen LogP contribution < -0.4 is 5.73 Å². The van der Waals surface area contributed by atoms with E-state index < -0.39 is 11.8 Å². The van der Waals surface area contributed by atoms with Crippen LogP contribution in [0.2, 0.25) is 10.0 Å². The van der Waals surface area contributed by atoms with Gasteiger partial charge in [-0.25, -0.2) is 4.79 Å². The fraction of sp³-hybridized carbons (Fsp3) is 0.0769. The number of nitrogens with zero attached hydrogens (tertiary/aromatic N) is 1.